The van der Waals surface area contributed by atoms with E-state index in [0.717, 1.165) is 0 Å². The van der Waals surface area contributed by atoms with Crippen LogP contribution in [0.5, 0.6) is 5.88 Å². The summed E-state index contributed by atoms with van der Waals surface area (Å²) in [5, 5.41) is 9.00. The molecule has 2 aromatic heterocycles. The van der Waals surface area contributed by atoms with Gasteiger partial charge in [0, 0.05) is 18.0 Å². The normalized spacial score (nSPS) is 9.68. The fourth-order valence-electron chi connectivity index (χ4n) is 1.41. The molecule has 0 aliphatic carbocycles. The number of nitrogens with zero attached hydrogens (tertiary/aromatic N) is 3. The van der Waals surface area contributed by atoms with Crippen molar-refractivity contribution in [2.24, 2.45) is 0 Å². The quantitative estimate of drug-likeness (QED) is 0.631. The van der Waals surface area contributed by atoms with E-state index in [0.29, 0.717) is 23.0 Å². The van der Waals surface area contributed by atoms with Crippen LogP contribution in [0.4, 0.5) is 0 Å². The second kappa shape index (κ2) is 5.94. The molecule has 0 unspecified atom stereocenters. The van der Waals surface area contributed by atoms with Gasteiger partial charge in [0.1, 0.15) is 17.8 Å². The predicted molar refractivity (Wildman–Crippen MR) is 67.9 cm³/mol. The van der Waals surface area contributed by atoms with E-state index in [1.165, 1.54) is 18.3 Å². The Morgan fingerprint density at radius 3 is 3.00 bits per heavy atom. The van der Waals surface area contributed by atoms with Crippen LogP contribution in [0.1, 0.15) is 21.5 Å². The number of hydrogen-bond acceptors (Lipinski definition) is 5. The number of carbonyl (C=O) groups is 1. The van der Waals surface area contributed by atoms with Gasteiger partial charge < -0.3 is 4.74 Å². The van der Waals surface area contributed by atoms with Gasteiger partial charge in [-0.2, -0.15) is 5.26 Å². The van der Waals surface area contributed by atoms with Gasteiger partial charge in [0.2, 0.25) is 5.88 Å². The first-order valence-electron chi connectivity index (χ1n) is 5.31. The predicted octanol–water partition coefficient (Wildman–Crippen LogP) is 2.39. The summed E-state index contributed by atoms with van der Waals surface area (Å²) in [5.74, 6) is 0.157. The summed E-state index contributed by atoms with van der Waals surface area (Å²) in [6.07, 6.45) is 3.67. The molecule has 0 amide bonds. The first-order chi connectivity index (χ1) is 9.22. The van der Waals surface area contributed by atoms with Gasteiger partial charge in [0.25, 0.3) is 0 Å². The molecule has 0 bridgehead atoms. The highest BCUT2D eigenvalue weighted by molar-refractivity contribution is 6.29. The van der Waals surface area contributed by atoms with Crippen LogP contribution in [0.3, 0.4) is 0 Å². The molecule has 0 fully saturated rings. The zero-order valence-electron chi connectivity index (χ0n) is 9.71. The van der Waals surface area contributed by atoms with Crippen molar-refractivity contribution in [3.8, 4) is 11.9 Å². The molecular weight excluding hydrogens is 266 g/mol. The summed E-state index contributed by atoms with van der Waals surface area (Å²) in [5.41, 5.74) is 1.46. The molecule has 0 aromatic carbocycles. The highest BCUT2D eigenvalue weighted by atomic mass is 35.5. The first kappa shape index (κ1) is 13.0. The maximum atomic E-state index is 10.8. The van der Waals surface area contributed by atoms with E-state index in [-0.39, 0.29) is 17.6 Å². The molecule has 0 radical (unpaired) electrons. The first-order valence-corrected chi connectivity index (χ1v) is 5.69. The van der Waals surface area contributed by atoms with Crippen molar-refractivity contribution in [2.45, 2.75) is 6.61 Å². The molecule has 2 heterocycles. The van der Waals surface area contributed by atoms with Crippen molar-refractivity contribution >= 4 is 17.9 Å². The van der Waals surface area contributed by atoms with Gasteiger partial charge in [0.15, 0.2) is 6.29 Å². The van der Waals surface area contributed by atoms with Crippen molar-refractivity contribution in [1.82, 2.24) is 9.97 Å². The minimum Gasteiger partial charge on any atom is -0.472 e. The van der Waals surface area contributed by atoms with E-state index < -0.39 is 0 Å². The maximum Gasteiger partial charge on any atom is 0.225 e. The van der Waals surface area contributed by atoms with E-state index in [9.17, 15) is 4.79 Å². The van der Waals surface area contributed by atoms with Crippen LogP contribution in [0.25, 0.3) is 0 Å². The third-order valence-corrected chi connectivity index (χ3v) is 2.49. The standard InChI is InChI=1S/C13H8ClN3O2/c14-12-2-1-11(7-18)13(17-12)19-8-10-3-9(4-15)5-16-6-10/h1-3,5-7H,8H2. The lowest BCUT2D eigenvalue weighted by molar-refractivity contribution is 0.111. The van der Waals surface area contributed by atoms with E-state index >= 15 is 0 Å². The van der Waals surface area contributed by atoms with Crippen LogP contribution in [0, 0.1) is 11.3 Å². The van der Waals surface area contributed by atoms with Crippen LogP contribution >= 0.6 is 11.6 Å². The largest absolute Gasteiger partial charge is 0.472 e. The number of carbonyl (C=O) groups excluding carboxylic acids is 1. The molecule has 0 atom stereocenters. The summed E-state index contributed by atoms with van der Waals surface area (Å²) in [6, 6.07) is 6.68. The molecule has 0 spiro atoms. The van der Waals surface area contributed by atoms with Crippen molar-refractivity contribution in [3.63, 3.8) is 0 Å². The van der Waals surface area contributed by atoms with Crippen LogP contribution in [-0.2, 0) is 6.61 Å². The molecule has 19 heavy (non-hydrogen) atoms. The lowest BCUT2D eigenvalue weighted by Crippen LogP contribution is -2.01. The second-order valence-electron chi connectivity index (χ2n) is 3.63. The zero-order chi connectivity index (χ0) is 13.7. The molecule has 2 rings (SSSR count). The van der Waals surface area contributed by atoms with Crippen molar-refractivity contribution in [1.29, 1.82) is 5.26 Å². The number of halogens is 1. The van der Waals surface area contributed by atoms with Gasteiger partial charge >= 0.3 is 0 Å². The summed E-state index contributed by atoms with van der Waals surface area (Å²) < 4.78 is 5.42. The Hall–Kier alpha value is -2.45. The summed E-state index contributed by atoms with van der Waals surface area (Å²) in [6.45, 7) is 0.150. The Kier molecular flexibility index (Phi) is 4.06. The Bertz CT molecular complexity index is 653. The van der Waals surface area contributed by atoms with Gasteiger partial charge in [-0.25, -0.2) is 4.98 Å². The van der Waals surface area contributed by atoms with Gasteiger partial charge in [-0.3, -0.25) is 9.78 Å². The number of rotatable bonds is 4. The molecule has 5 nitrogen and oxygen atoms in total. The molecule has 2 aromatic rings. The average Bonchev–Trinajstić information content (AvgIpc) is 2.45. The molecule has 6 heteroatoms. The molecule has 0 aliphatic heterocycles. The molecular formula is C13H8ClN3O2. The highest BCUT2D eigenvalue weighted by Crippen LogP contribution is 2.18. The zero-order valence-corrected chi connectivity index (χ0v) is 10.5. The lowest BCUT2D eigenvalue weighted by atomic mass is 10.2. The topological polar surface area (TPSA) is 75.9 Å². The number of aldehydes is 1. The Balaban J connectivity index is 2.16. The van der Waals surface area contributed by atoms with E-state index in [2.05, 4.69) is 9.97 Å². The number of ether oxygens (including phenoxy) is 1. The summed E-state index contributed by atoms with van der Waals surface area (Å²) >= 11 is 5.74. The molecule has 0 saturated heterocycles. The van der Waals surface area contributed by atoms with Gasteiger partial charge in [-0.1, -0.05) is 11.6 Å². The third kappa shape index (κ3) is 3.27. The van der Waals surface area contributed by atoms with E-state index in [1.54, 1.807) is 12.3 Å². The van der Waals surface area contributed by atoms with Crippen LogP contribution < -0.4 is 4.74 Å². The Morgan fingerprint density at radius 1 is 1.42 bits per heavy atom. The Morgan fingerprint density at radius 2 is 2.26 bits per heavy atom. The van der Waals surface area contributed by atoms with Crippen molar-refractivity contribution in [2.75, 3.05) is 0 Å². The van der Waals surface area contributed by atoms with Crippen LogP contribution in [0.15, 0.2) is 30.6 Å². The smallest absolute Gasteiger partial charge is 0.225 e. The SMILES string of the molecule is N#Cc1cncc(COc2nc(Cl)ccc2C=O)c1. The maximum absolute atomic E-state index is 10.8. The number of pyridine rings is 2. The highest BCUT2D eigenvalue weighted by Gasteiger charge is 2.06. The molecule has 94 valence electrons. The van der Waals surface area contributed by atoms with Crippen LogP contribution in [-0.4, -0.2) is 16.3 Å². The number of aromatic nitrogens is 2. The van der Waals surface area contributed by atoms with Gasteiger partial charge in [-0.15, -0.1) is 0 Å². The fraction of sp³-hybridized carbons (Fsp3) is 0.0769. The van der Waals surface area contributed by atoms with Crippen molar-refractivity contribution in [3.05, 3.63) is 52.4 Å². The van der Waals surface area contributed by atoms with Gasteiger partial charge in [0.05, 0.1) is 11.1 Å². The summed E-state index contributed by atoms with van der Waals surface area (Å²) in [4.78, 5) is 18.7. The minimum absolute atomic E-state index is 0.150. The van der Waals surface area contributed by atoms with Crippen LogP contribution in [0.2, 0.25) is 5.15 Å². The molecule has 0 N–H and O–H groups in total. The molecule has 0 aliphatic rings. The Labute approximate surface area is 114 Å². The third-order valence-electron chi connectivity index (χ3n) is 2.28. The summed E-state index contributed by atoms with van der Waals surface area (Å²) in [7, 11) is 0. The van der Waals surface area contributed by atoms with E-state index in [4.69, 9.17) is 21.6 Å². The molecule has 0 saturated carbocycles. The number of nitriles is 1. The minimum atomic E-state index is 0.150. The second-order valence-corrected chi connectivity index (χ2v) is 4.02. The van der Waals surface area contributed by atoms with Crippen molar-refractivity contribution < 1.29 is 9.53 Å². The average molecular weight is 274 g/mol. The monoisotopic (exact) mass is 273 g/mol. The van der Waals surface area contributed by atoms with E-state index in [1.807, 2.05) is 6.07 Å². The lowest BCUT2D eigenvalue weighted by Gasteiger charge is -2.07. The van der Waals surface area contributed by atoms with Gasteiger partial charge in [-0.05, 0) is 18.2 Å². The fourth-order valence-corrected chi connectivity index (χ4v) is 1.55. The number of hydrogen-bond donors (Lipinski definition) is 0.